The van der Waals surface area contributed by atoms with Crippen LogP contribution in [-0.4, -0.2) is 0 Å². The van der Waals surface area contributed by atoms with Crippen LogP contribution in [0, 0.1) is 0 Å². The lowest BCUT2D eigenvalue weighted by molar-refractivity contribution is 0.661. The Hall–Kier alpha value is -8.06. The normalized spacial score (nSPS) is 13.2. The lowest BCUT2D eigenvalue weighted by Gasteiger charge is -2.23. The highest BCUT2D eigenvalue weighted by atomic mass is 14.4. The Morgan fingerprint density at radius 3 is 1.43 bits per heavy atom. The topological polar surface area (TPSA) is 0 Å². The summed E-state index contributed by atoms with van der Waals surface area (Å²) in [7, 11) is 0. The Balaban J connectivity index is 0.925. The van der Waals surface area contributed by atoms with Crippen LogP contribution >= 0.6 is 0 Å². The van der Waals surface area contributed by atoms with Gasteiger partial charge in [-0.2, -0.15) is 0 Å². The van der Waals surface area contributed by atoms with Gasteiger partial charge in [0.2, 0.25) is 0 Å². The number of hydrogen-bond donors (Lipinski definition) is 0. The molecule has 0 bridgehead atoms. The zero-order valence-electron chi connectivity index (χ0n) is 36.3. The first-order chi connectivity index (χ1) is 32.0. The third-order valence-corrected chi connectivity index (χ3v) is 15.0. The molecule has 0 atom stereocenters. The van der Waals surface area contributed by atoms with Gasteiger partial charge in [0.05, 0.1) is 0 Å². The smallest absolute Gasteiger partial charge is 0.0159 e. The molecule has 13 aromatic rings. The average Bonchev–Trinajstić information content (AvgIpc) is 3.59. The largest absolute Gasteiger partial charge is 0.0622 e. The molecule has 1 aliphatic carbocycles. The molecule has 0 saturated heterocycles. The second-order valence-electron chi connectivity index (χ2n) is 18.8. The molecule has 0 N–H and O–H groups in total. The van der Waals surface area contributed by atoms with Gasteiger partial charge in [0, 0.05) is 5.41 Å². The quantitative estimate of drug-likeness (QED) is 0.155. The van der Waals surface area contributed by atoms with E-state index in [0.29, 0.717) is 0 Å². The number of benzene rings is 13. The van der Waals surface area contributed by atoms with Crippen molar-refractivity contribution >= 4 is 75.4 Å². The van der Waals surface area contributed by atoms with Gasteiger partial charge >= 0.3 is 0 Å². The molecule has 1 aliphatic rings. The van der Waals surface area contributed by atoms with E-state index in [1.54, 1.807) is 0 Å². The first kappa shape index (κ1) is 36.4. The molecular weight excluding hydrogens is 781 g/mol. The third kappa shape index (κ3) is 5.26. The van der Waals surface area contributed by atoms with Gasteiger partial charge in [0.1, 0.15) is 0 Å². The maximum Gasteiger partial charge on any atom is 0.0159 e. The predicted molar refractivity (Wildman–Crippen MR) is 279 cm³/mol. The fourth-order valence-corrected chi connectivity index (χ4v) is 11.8. The Morgan fingerprint density at radius 2 is 0.723 bits per heavy atom. The van der Waals surface area contributed by atoms with Crippen LogP contribution in [0.5, 0.6) is 0 Å². The molecule has 65 heavy (non-hydrogen) atoms. The van der Waals surface area contributed by atoms with Crippen molar-refractivity contribution in [1.82, 2.24) is 0 Å². The Labute approximate surface area is 378 Å². The van der Waals surface area contributed by atoms with Gasteiger partial charge < -0.3 is 0 Å². The monoisotopic (exact) mass is 822 g/mol. The van der Waals surface area contributed by atoms with Crippen molar-refractivity contribution in [2.45, 2.75) is 19.3 Å². The van der Waals surface area contributed by atoms with Crippen LogP contribution in [0.3, 0.4) is 0 Å². The van der Waals surface area contributed by atoms with E-state index in [1.807, 2.05) is 0 Å². The minimum absolute atomic E-state index is 0.167. The highest BCUT2D eigenvalue weighted by molar-refractivity contribution is 6.28. The van der Waals surface area contributed by atoms with Crippen molar-refractivity contribution in [3.8, 4) is 55.6 Å². The van der Waals surface area contributed by atoms with E-state index < -0.39 is 0 Å². The summed E-state index contributed by atoms with van der Waals surface area (Å²) in [4.78, 5) is 0. The van der Waals surface area contributed by atoms with Crippen LogP contribution in [-0.2, 0) is 5.41 Å². The molecule has 0 heteroatoms. The SMILES string of the molecule is CC1(C)c2cc(-c3ccc(-c4ccc5ccc6c(-c7ccc8ccccc8c7)ccc7ccc4c5c76)c(-c4ccccc4)c3)ccc2-c2cc3c4ccccc4c4ccccc4c3cc21. The lowest BCUT2D eigenvalue weighted by Crippen LogP contribution is -2.15. The molecule has 0 unspecified atom stereocenters. The van der Waals surface area contributed by atoms with E-state index in [1.165, 1.54) is 142 Å². The molecule has 13 aromatic carbocycles. The molecule has 0 heterocycles. The van der Waals surface area contributed by atoms with Crippen LogP contribution in [0.1, 0.15) is 25.0 Å². The minimum atomic E-state index is -0.167. The van der Waals surface area contributed by atoms with Gasteiger partial charge in [-0.05, 0) is 173 Å². The summed E-state index contributed by atoms with van der Waals surface area (Å²) >= 11 is 0. The van der Waals surface area contributed by atoms with Crippen LogP contribution in [0.2, 0.25) is 0 Å². The molecule has 0 fully saturated rings. The van der Waals surface area contributed by atoms with Crippen molar-refractivity contribution in [3.05, 3.63) is 230 Å². The van der Waals surface area contributed by atoms with Gasteiger partial charge in [-0.15, -0.1) is 0 Å². The van der Waals surface area contributed by atoms with Crippen molar-refractivity contribution in [1.29, 1.82) is 0 Å². The molecule has 302 valence electrons. The zero-order valence-corrected chi connectivity index (χ0v) is 36.3. The van der Waals surface area contributed by atoms with Crippen LogP contribution in [0.4, 0.5) is 0 Å². The van der Waals surface area contributed by atoms with E-state index in [0.717, 1.165) is 0 Å². The Bertz CT molecular complexity index is 4130. The molecule has 0 aliphatic heterocycles. The third-order valence-electron chi connectivity index (χ3n) is 15.0. The second-order valence-corrected chi connectivity index (χ2v) is 18.8. The van der Waals surface area contributed by atoms with Gasteiger partial charge in [-0.25, -0.2) is 0 Å². The first-order valence-corrected chi connectivity index (χ1v) is 22.9. The molecule has 0 aromatic heterocycles. The van der Waals surface area contributed by atoms with Crippen molar-refractivity contribution in [2.24, 2.45) is 0 Å². The highest BCUT2D eigenvalue weighted by Gasteiger charge is 2.36. The fraction of sp³-hybridized carbons (Fsp3) is 0.0462. The minimum Gasteiger partial charge on any atom is -0.0622 e. The van der Waals surface area contributed by atoms with Gasteiger partial charge in [0.25, 0.3) is 0 Å². The summed E-state index contributed by atoms with van der Waals surface area (Å²) in [5.74, 6) is 0. The number of fused-ring (bicyclic) bond motifs is 10. The molecular formula is C65H42. The van der Waals surface area contributed by atoms with Crippen molar-refractivity contribution in [3.63, 3.8) is 0 Å². The maximum atomic E-state index is 2.50. The fourth-order valence-electron chi connectivity index (χ4n) is 11.8. The summed E-state index contributed by atoms with van der Waals surface area (Å²) in [5, 5.41) is 18.2. The molecule has 0 amide bonds. The predicted octanol–water partition coefficient (Wildman–Crippen LogP) is 18.2. The Kier molecular flexibility index (Phi) is 7.55. The summed E-state index contributed by atoms with van der Waals surface area (Å²) < 4.78 is 0. The van der Waals surface area contributed by atoms with Gasteiger partial charge in [-0.3, -0.25) is 0 Å². The second kappa shape index (κ2) is 13.5. The number of rotatable bonds is 4. The lowest BCUT2D eigenvalue weighted by atomic mass is 9.80. The van der Waals surface area contributed by atoms with Crippen molar-refractivity contribution < 1.29 is 0 Å². The van der Waals surface area contributed by atoms with Crippen LogP contribution in [0.25, 0.3) is 131 Å². The summed E-state index contributed by atoms with van der Waals surface area (Å²) in [6.45, 7) is 4.82. The first-order valence-electron chi connectivity index (χ1n) is 22.9. The highest BCUT2D eigenvalue weighted by Crippen LogP contribution is 2.53. The van der Waals surface area contributed by atoms with E-state index in [9.17, 15) is 0 Å². The molecule has 0 spiro atoms. The van der Waals surface area contributed by atoms with Gasteiger partial charge in [-0.1, -0.05) is 202 Å². The molecule has 0 saturated carbocycles. The summed E-state index contributed by atoms with van der Waals surface area (Å²) in [6.07, 6.45) is 0. The molecule has 14 rings (SSSR count). The average molecular weight is 823 g/mol. The van der Waals surface area contributed by atoms with E-state index >= 15 is 0 Å². The molecule has 0 nitrogen and oxygen atoms in total. The maximum absolute atomic E-state index is 2.50. The van der Waals surface area contributed by atoms with E-state index in [-0.39, 0.29) is 5.41 Å². The van der Waals surface area contributed by atoms with Gasteiger partial charge in [0.15, 0.2) is 0 Å². The van der Waals surface area contributed by atoms with Crippen LogP contribution < -0.4 is 0 Å². The van der Waals surface area contributed by atoms with E-state index in [2.05, 4.69) is 232 Å². The number of hydrogen-bond acceptors (Lipinski definition) is 0. The van der Waals surface area contributed by atoms with Crippen molar-refractivity contribution in [2.75, 3.05) is 0 Å². The zero-order chi connectivity index (χ0) is 43.0. The summed E-state index contributed by atoms with van der Waals surface area (Å²) in [5.41, 5.74) is 15.2. The Morgan fingerprint density at radius 1 is 0.231 bits per heavy atom. The van der Waals surface area contributed by atoms with Crippen LogP contribution in [0.15, 0.2) is 218 Å². The molecule has 0 radical (unpaired) electrons. The summed E-state index contributed by atoms with van der Waals surface area (Å²) in [6, 6.07) is 82.3. The standard InChI is InChI=1S/C65H42/c1-65(2)61-36-45(27-31-54(61)60-37-58-50-18-10-8-16-48(50)49-17-9-11-19-51(49)59(58)38-62(60)65)44-26-30-53(57(35-44)40-13-4-3-5-14-40)52-29-23-42-24-32-55-47(28-22-41-25-33-56(52)64(42)63(41)55)46-21-20-39-12-6-7-15-43(39)34-46/h3-38H,1-2H3. The van der Waals surface area contributed by atoms with E-state index in [4.69, 9.17) is 0 Å².